The molecule has 138 valence electrons. The number of aryl methyl sites for hydroxylation is 1. The largest absolute Gasteiger partial charge is 0.398 e. The molecule has 1 aliphatic rings. The van der Waals surface area contributed by atoms with Crippen molar-refractivity contribution in [3.8, 4) is 0 Å². The monoisotopic (exact) mass is 349 g/mol. The normalized spacial score (nSPS) is 11.6. The first-order valence-corrected chi connectivity index (χ1v) is 9.60. The Hall–Kier alpha value is -2.61. The lowest BCUT2D eigenvalue weighted by atomic mass is 9.91. The van der Waals surface area contributed by atoms with E-state index < -0.39 is 0 Å². The lowest BCUT2D eigenvalue weighted by Crippen LogP contribution is -2.09. The average Bonchev–Trinajstić information content (AvgIpc) is 2.72. The molecule has 0 aliphatic heterocycles. The Morgan fingerprint density at radius 3 is 2.04 bits per heavy atom. The molecule has 0 saturated carbocycles. The van der Waals surface area contributed by atoms with Crippen molar-refractivity contribution in [3.63, 3.8) is 0 Å². The highest BCUT2D eigenvalue weighted by Crippen LogP contribution is 2.20. The summed E-state index contributed by atoms with van der Waals surface area (Å²) < 4.78 is 0. The predicted octanol–water partition coefficient (Wildman–Crippen LogP) is 6.68. The Bertz CT molecular complexity index is 803. The molecule has 0 atom stereocenters. The molecule has 3 aromatic rings. The highest BCUT2D eigenvalue weighted by atomic mass is 16.1. The predicted molar refractivity (Wildman–Crippen MR) is 115 cm³/mol. The van der Waals surface area contributed by atoms with Crippen molar-refractivity contribution in [1.29, 1.82) is 0 Å². The molecule has 2 heteroatoms. The summed E-state index contributed by atoms with van der Waals surface area (Å²) in [4.78, 5) is 11.3. The van der Waals surface area contributed by atoms with Crippen LogP contribution >= 0.6 is 0 Å². The SMILES string of the molecule is CC.CC.Nc1cccc2ccccc12.O=C1CCCc2ccccc21. The van der Waals surface area contributed by atoms with Gasteiger partial charge in [0.15, 0.2) is 5.78 Å². The minimum atomic E-state index is 0.312. The van der Waals surface area contributed by atoms with Gasteiger partial charge in [-0.3, -0.25) is 4.79 Å². The van der Waals surface area contributed by atoms with Gasteiger partial charge in [0.05, 0.1) is 0 Å². The van der Waals surface area contributed by atoms with E-state index in [9.17, 15) is 4.79 Å². The van der Waals surface area contributed by atoms with Crippen LogP contribution in [0.1, 0.15) is 56.5 Å². The van der Waals surface area contributed by atoms with Crippen LogP contribution < -0.4 is 5.73 Å². The van der Waals surface area contributed by atoms with Crippen LogP contribution in [0.25, 0.3) is 10.8 Å². The number of rotatable bonds is 0. The molecule has 4 rings (SSSR count). The number of carbonyl (C=O) groups is 1. The second-order valence-electron chi connectivity index (χ2n) is 5.50. The van der Waals surface area contributed by atoms with Crippen LogP contribution in [0.15, 0.2) is 66.7 Å². The lowest BCUT2D eigenvalue weighted by molar-refractivity contribution is 0.0972. The molecular formula is C24H31NO. The van der Waals surface area contributed by atoms with Crippen LogP contribution in [-0.2, 0) is 6.42 Å². The molecule has 0 aromatic heterocycles. The van der Waals surface area contributed by atoms with E-state index in [1.54, 1.807) is 0 Å². The summed E-state index contributed by atoms with van der Waals surface area (Å²) in [7, 11) is 0. The Labute approximate surface area is 158 Å². The number of benzene rings is 3. The van der Waals surface area contributed by atoms with Crippen molar-refractivity contribution < 1.29 is 4.79 Å². The molecule has 1 aliphatic carbocycles. The topological polar surface area (TPSA) is 43.1 Å². The zero-order chi connectivity index (χ0) is 19.4. The van der Waals surface area contributed by atoms with Crippen molar-refractivity contribution in [3.05, 3.63) is 77.9 Å². The van der Waals surface area contributed by atoms with E-state index in [1.807, 2.05) is 82.3 Å². The van der Waals surface area contributed by atoms with E-state index in [1.165, 1.54) is 10.9 Å². The molecule has 0 radical (unpaired) electrons. The third-order valence-electron chi connectivity index (χ3n) is 3.99. The van der Waals surface area contributed by atoms with Gasteiger partial charge in [-0.05, 0) is 29.9 Å². The highest BCUT2D eigenvalue weighted by Gasteiger charge is 2.14. The third kappa shape index (κ3) is 5.73. The van der Waals surface area contributed by atoms with Crippen LogP contribution in [0.4, 0.5) is 5.69 Å². The van der Waals surface area contributed by atoms with Crippen molar-refractivity contribution in [2.75, 3.05) is 5.73 Å². The summed E-state index contributed by atoms with van der Waals surface area (Å²) in [6.45, 7) is 8.00. The first-order chi connectivity index (χ1) is 12.8. The van der Waals surface area contributed by atoms with Crippen molar-refractivity contribution >= 4 is 22.2 Å². The smallest absolute Gasteiger partial charge is 0.163 e. The summed E-state index contributed by atoms with van der Waals surface area (Å²) in [6.07, 6.45) is 2.83. The van der Waals surface area contributed by atoms with Gasteiger partial charge in [0.2, 0.25) is 0 Å². The van der Waals surface area contributed by atoms with Gasteiger partial charge in [-0.2, -0.15) is 0 Å². The number of hydrogen-bond donors (Lipinski definition) is 1. The highest BCUT2D eigenvalue weighted by molar-refractivity contribution is 5.98. The number of carbonyl (C=O) groups excluding carboxylic acids is 1. The summed E-state index contributed by atoms with van der Waals surface area (Å²) in [6, 6.07) is 22.0. The van der Waals surface area contributed by atoms with Crippen LogP contribution in [0, 0.1) is 0 Å². The fourth-order valence-electron chi connectivity index (χ4n) is 2.83. The third-order valence-corrected chi connectivity index (χ3v) is 3.99. The van der Waals surface area contributed by atoms with E-state index in [0.29, 0.717) is 5.78 Å². The number of nitrogens with two attached hydrogens (primary N) is 1. The molecule has 0 unspecified atom stereocenters. The molecule has 0 saturated heterocycles. The van der Waals surface area contributed by atoms with Crippen LogP contribution in [0.2, 0.25) is 0 Å². The van der Waals surface area contributed by atoms with E-state index in [0.717, 1.165) is 35.9 Å². The zero-order valence-corrected chi connectivity index (χ0v) is 16.5. The summed E-state index contributed by atoms with van der Waals surface area (Å²) in [5.74, 6) is 0.312. The van der Waals surface area contributed by atoms with Crippen LogP contribution in [0.5, 0.6) is 0 Å². The van der Waals surface area contributed by atoms with Crippen molar-refractivity contribution in [2.24, 2.45) is 0 Å². The minimum absolute atomic E-state index is 0.312. The lowest BCUT2D eigenvalue weighted by Gasteiger charge is -2.12. The van der Waals surface area contributed by atoms with Gasteiger partial charge >= 0.3 is 0 Å². The Morgan fingerprint density at radius 1 is 0.731 bits per heavy atom. The first-order valence-electron chi connectivity index (χ1n) is 9.60. The van der Waals surface area contributed by atoms with Crippen LogP contribution in [-0.4, -0.2) is 5.78 Å². The van der Waals surface area contributed by atoms with Crippen LogP contribution in [0.3, 0.4) is 0 Å². The number of Topliss-reactive ketones (excluding diaryl/α,β-unsaturated/α-hetero) is 1. The molecule has 0 spiro atoms. The number of fused-ring (bicyclic) bond motifs is 2. The second kappa shape index (κ2) is 11.9. The minimum Gasteiger partial charge on any atom is -0.398 e. The maximum Gasteiger partial charge on any atom is 0.163 e. The molecule has 2 nitrogen and oxygen atoms in total. The average molecular weight is 350 g/mol. The van der Waals surface area contributed by atoms with Gasteiger partial charge in [0, 0.05) is 23.1 Å². The van der Waals surface area contributed by atoms with Gasteiger partial charge in [-0.25, -0.2) is 0 Å². The molecule has 0 heterocycles. The number of nitrogen functional groups attached to an aromatic ring is 1. The summed E-state index contributed by atoms with van der Waals surface area (Å²) >= 11 is 0. The van der Waals surface area contributed by atoms with Crippen molar-refractivity contribution in [2.45, 2.75) is 47.0 Å². The van der Waals surface area contributed by atoms with E-state index in [4.69, 9.17) is 5.73 Å². The molecule has 0 bridgehead atoms. The number of hydrogen-bond acceptors (Lipinski definition) is 2. The fourth-order valence-corrected chi connectivity index (χ4v) is 2.83. The Balaban J connectivity index is 0.000000219. The Morgan fingerprint density at radius 2 is 1.35 bits per heavy atom. The summed E-state index contributed by atoms with van der Waals surface area (Å²) in [5, 5.41) is 2.34. The maximum atomic E-state index is 11.3. The van der Waals surface area contributed by atoms with Gasteiger partial charge in [0.25, 0.3) is 0 Å². The van der Waals surface area contributed by atoms with Gasteiger partial charge in [0.1, 0.15) is 0 Å². The molecule has 2 N–H and O–H groups in total. The maximum absolute atomic E-state index is 11.3. The molecule has 0 amide bonds. The van der Waals surface area contributed by atoms with E-state index in [-0.39, 0.29) is 0 Å². The van der Waals surface area contributed by atoms with E-state index >= 15 is 0 Å². The fraction of sp³-hybridized carbons (Fsp3) is 0.292. The van der Waals surface area contributed by atoms with E-state index in [2.05, 4.69) is 12.1 Å². The second-order valence-corrected chi connectivity index (χ2v) is 5.50. The first kappa shape index (κ1) is 21.4. The molecular weight excluding hydrogens is 318 g/mol. The molecule has 0 fully saturated rings. The number of ketones is 1. The molecule has 26 heavy (non-hydrogen) atoms. The summed E-state index contributed by atoms with van der Waals surface area (Å²) in [5.41, 5.74) is 8.78. The quantitative estimate of drug-likeness (QED) is 0.460. The Kier molecular flexibility index (Phi) is 9.78. The number of anilines is 1. The van der Waals surface area contributed by atoms with Gasteiger partial charge in [-0.1, -0.05) is 88.4 Å². The van der Waals surface area contributed by atoms with Crippen molar-refractivity contribution in [1.82, 2.24) is 0 Å². The molecule has 3 aromatic carbocycles. The van der Waals surface area contributed by atoms with Gasteiger partial charge in [-0.15, -0.1) is 0 Å². The standard InChI is InChI=1S/C10H9N.C10H10O.2C2H6/c2*11-10-7-3-5-8-4-1-2-6-9(8)10;2*1-2/h1-7H,11H2;1-2,4,6H,3,5,7H2;2*1-2H3. The zero-order valence-electron chi connectivity index (χ0n) is 16.5. The van der Waals surface area contributed by atoms with Gasteiger partial charge < -0.3 is 5.73 Å².